The Bertz CT molecular complexity index is 1050. The SMILES string of the molecule is Cc1c(Cl)cccc1NC(=O)c1ccc(OCC(=O)NN=Cc2cccnc2)cc1. The monoisotopic (exact) mass is 422 g/mol. The first-order valence-electron chi connectivity index (χ1n) is 9.04. The number of benzene rings is 2. The molecule has 2 aromatic carbocycles. The summed E-state index contributed by atoms with van der Waals surface area (Å²) in [5.74, 6) is -0.223. The van der Waals surface area contributed by atoms with E-state index in [9.17, 15) is 9.59 Å². The van der Waals surface area contributed by atoms with Crippen molar-refractivity contribution < 1.29 is 14.3 Å². The van der Waals surface area contributed by atoms with Crippen LogP contribution in [0, 0.1) is 6.92 Å². The van der Waals surface area contributed by atoms with E-state index in [0.29, 0.717) is 22.0 Å². The Morgan fingerprint density at radius 3 is 2.67 bits per heavy atom. The van der Waals surface area contributed by atoms with Gasteiger partial charge in [-0.1, -0.05) is 23.7 Å². The minimum Gasteiger partial charge on any atom is -0.484 e. The minimum atomic E-state index is -0.409. The fraction of sp³-hybridized carbons (Fsp3) is 0.0909. The highest BCUT2D eigenvalue weighted by Gasteiger charge is 2.10. The second-order valence-electron chi connectivity index (χ2n) is 6.26. The third kappa shape index (κ3) is 5.89. The molecule has 0 bridgehead atoms. The number of amides is 2. The van der Waals surface area contributed by atoms with Crippen molar-refractivity contribution in [3.05, 3.63) is 88.7 Å². The smallest absolute Gasteiger partial charge is 0.277 e. The lowest BCUT2D eigenvalue weighted by molar-refractivity contribution is -0.123. The zero-order valence-corrected chi connectivity index (χ0v) is 16.9. The van der Waals surface area contributed by atoms with Gasteiger partial charge in [-0.05, 0) is 55.0 Å². The van der Waals surface area contributed by atoms with Crippen LogP contribution >= 0.6 is 11.6 Å². The Morgan fingerprint density at radius 2 is 1.93 bits per heavy atom. The van der Waals surface area contributed by atoms with E-state index in [-0.39, 0.29) is 12.5 Å². The number of pyridine rings is 1. The minimum absolute atomic E-state index is 0.211. The molecule has 0 aliphatic rings. The van der Waals surface area contributed by atoms with E-state index in [2.05, 4.69) is 20.8 Å². The lowest BCUT2D eigenvalue weighted by atomic mass is 10.1. The van der Waals surface area contributed by atoms with Crippen LogP contribution in [0.3, 0.4) is 0 Å². The topological polar surface area (TPSA) is 92.7 Å². The lowest BCUT2D eigenvalue weighted by Crippen LogP contribution is -2.24. The summed E-state index contributed by atoms with van der Waals surface area (Å²) in [6, 6.07) is 15.4. The first kappa shape index (κ1) is 21.0. The van der Waals surface area contributed by atoms with E-state index in [1.807, 2.05) is 13.0 Å². The number of ether oxygens (including phenoxy) is 1. The Balaban J connectivity index is 1.49. The van der Waals surface area contributed by atoms with Crippen LogP contribution in [0.15, 0.2) is 72.1 Å². The molecule has 30 heavy (non-hydrogen) atoms. The molecule has 0 unspecified atom stereocenters. The van der Waals surface area contributed by atoms with E-state index in [1.165, 1.54) is 6.21 Å². The van der Waals surface area contributed by atoms with Gasteiger partial charge >= 0.3 is 0 Å². The van der Waals surface area contributed by atoms with Crippen LogP contribution in [0.2, 0.25) is 5.02 Å². The van der Waals surface area contributed by atoms with Gasteiger partial charge in [0.15, 0.2) is 6.61 Å². The molecule has 152 valence electrons. The van der Waals surface area contributed by atoms with E-state index in [4.69, 9.17) is 16.3 Å². The highest BCUT2D eigenvalue weighted by Crippen LogP contribution is 2.23. The van der Waals surface area contributed by atoms with Crippen LogP contribution in [0.25, 0.3) is 0 Å². The Labute approximate surface area is 178 Å². The van der Waals surface area contributed by atoms with Gasteiger partial charge in [-0.15, -0.1) is 0 Å². The summed E-state index contributed by atoms with van der Waals surface area (Å²) in [5, 5.41) is 7.25. The van der Waals surface area contributed by atoms with Crippen molar-refractivity contribution in [2.45, 2.75) is 6.92 Å². The van der Waals surface area contributed by atoms with Crippen LogP contribution in [-0.4, -0.2) is 29.6 Å². The van der Waals surface area contributed by atoms with Crippen LogP contribution in [-0.2, 0) is 4.79 Å². The number of hydrogen-bond acceptors (Lipinski definition) is 5. The third-order valence-corrected chi connectivity index (χ3v) is 4.50. The van der Waals surface area contributed by atoms with Gasteiger partial charge in [0, 0.05) is 34.2 Å². The van der Waals surface area contributed by atoms with E-state index in [0.717, 1.165) is 11.1 Å². The molecule has 0 saturated heterocycles. The van der Waals surface area contributed by atoms with Gasteiger partial charge in [0.25, 0.3) is 11.8 Å². The van der Waals surface area contributed by atoms with Gasteiger partial charge in [-0.3, -0.25) is 14.6 Å². The molecule has 1 aromatic heterocycles. The molecule has 0 atom stereocenters. The summed E-state index contributed by atoms with van der Waals surface area (Å²) < 4.78 is 5.41. The first-order valence-corrected chi connectivity index (χ1v) is 9.42. The molecular weight excluding hydrogens is 404 g/mol. The van der Waals surface area contributed by atoms with Crippen LogP contribution < -0.4 is 15.5 Å². The van der Waals surface area contributed by atoms with Crippen molar-refractivity contribution in [1.82, 2.24) is 10.4 Å². The summed E-state index contributed by atoms with van der Waals surface area (Å²) in [4.78, 5) is 28.2. The highest BCUT2D eigenvalue weighted by atomic mass is 35.5. The predicted molar refractivity (Wildman–Crippen MR) is 116 cm³/mol. The van der Waals surface area contributed by atoms with Crippen molar-refractivity contribution in [1.29, 1.82) is 0 Å². The number of rotatable bonds is 7. The van der Waals surface area contributed by atoms with Gasteiger partial charge in [-0.25, -0.2) is 5.43 Å². The number of carbonyl (C=O) groups is 2. The number of hydrogen-bond donors (Lipinski definition) is 2. The Kier molecular flexibility index (Phi) is 7.13. The molecule has 7 nitrogen and oxygen atoms in total. The lowest BCUT2D eigenvalue weighted by Gasteiger charge is -2.10. The Hall–Kier alpha value is -3.71. The second kappa shape index (κ2) is 10.2. The van der Waals surface area contributed by atoms with Crippen molar-refractivity contribution in [3.63, 3.8) is 0 Å². The molecule has 0 radical (unpaired) electrons. The molecule has 2 N–H and O–H groups in total. The molecule has 3 rings (SSSR count). The molecular formula is C22H19ClN4O3. The highest BCUT2D eigenvalue weighted by molar-refractivity contribution is 6.31. The van der Waals surface area contributed by atoms with E-state index < -0.39 is 5.91 Å². The quantitative estimate of drug-likeness (QED) is 0.447. The fourth-order valence-corrected chi connectivity index (χ4v) is 2.63. The van der Waals surface area contributed by atoms with E-state index in [1.54, 1.807) is 60.9 Å². The summed E-state index contributed by atoms with van der Waals surface area (Å²) in [6.07, 6.45) is 4.76. The molecule has 8 heteroatoms. The zero-order valence-electron chi connectivity index (χ0n) is 16.1. The fourth-order valence-electron chi connectivity index (χ4n) is 2.45. The van der Waals surface area contributed by atoms with Crippen LogP contribution in [0.5, 0.6) is 5.75 Å². The number of nitrogens with zero attached hydrogens (tertiary/aromatic N) is 2. The van der Waals surface area contributed by atoms with Crippen LogP contribution in [0.1, 0.15) is 21.5 Å². The normalized spacial score (nSPS) is 10.6. The van der Waals surface area contributed by atoms with Gasteiger partial charge in [0.05, 0.1) is 6.21 Å². The van der Waals surface area contributed by atoms with Gasteiger partial charge < -0.3 is 10.1 Å². The number of halogens is 1. The average Bonchev–Trinajstić information content (AvgIpc) is 2.76. The predicted octanol–water partition coefficient (Wildman–Crippen LogP) is 3.82. The first-order chi connectivity index (χ1) is 14.5. The molecule has 0 aliphatic heterocycles. The molecule has 0 spiro atoms. The number of hydrazone groups is 1. The summed E-state index contributed by atoms with van der Waals surface area (Å²) in [7, 11) is 0. The number of aromatic nitrogens is 1. The maximum Gasteiger partial charge on any atom is 0.277 e. The second-order valence-corrected chi connectivity index (χ2v) is 6.67. The standard InChI is InChI=1S/C22H19ClN4O3/c1-15-19(23)5-2-6-20(15)26-22(29)17-7-9-18(10-8-17)30-14-21(28)27-25-13-16-4-3-11-24-12-16/h2-13H,14H2,1H3,(H,26,29)(H,27,28). The molecule has 0 aliphatic carbocycles. The molecule has 0 fully saturated rings. The van der Waals surface area contributed by atoms with Gasteiger partial charge in [0.1, 0.15) is 5.75 Å². The number of nitrogens with one attached hydrogen (secondary N) is 2. The van der Waals surface area contributed by atoms with Gasteiger partial charge in [0.2, 0.25) is 0 Å². The number of anilines is 1. The van der Waals surface area contributed by atoms with Crippen molar-refractivity contribution in [2.75, 3.05) is 11.9 Å². The van der Waals surface area contributed by atoms with Crippen molar-refractivity contribution >= 4 is 35.3 Å². The molecule has 3 aromatic rings. The zero-order chi connectivity index (χ0) is 21.3. The molecule has 2 amide bonds. The number of carbonyl (C=O) groups excluding carboxylic acids is 2. The van der Waals surface area contributed by atoms with Crippen molar-refractivity contribution in [2.24, 2.45) is 5.10 Å². The molecule has 1 heterocycles. The largest absolute Gasteiger partial charge is 0.484 e. The van der Waals surface area contributed by atoms with Crippen LogP contribution in [0.4, 0.5) is 5.69 Å². The summed E-state index contributed by atoms with van der Waals surface area (Å²) in [6.45, 7) is 1.62. The summed E-state index contributed by atoms with van der Waals surface area (Å²) in [5.41, 5.74) is 5.03. The van der Waals surface area contributed by atoms with E-state index >= 15 is 0 Å². The maximum absolute atomic E-state index is 12.4. The maximum atomic E-state index is 12.4. The average molecular weight is 423 g/mol. The Morgan fingerprint density at radius 1 is 1.13 bits per heavy atom. The third-order valence-electron chi connectivity index (χ3n) is 4.09. The summed E-state index contributed by atoms with van der Waals surface area (Å²) >= 11 is 6.08. The molecule has 0 saturated carbocycles. The van der Waals surface area contributed by atoms with Crippen molar-refractivity contribution in [3.8, 4) is 5.75 Å². The van der Waals surface area contributed by atoms with Gasteiger partial charge in [-0.2, -0.15) is 5.10 Å².